The number of aliphatic carboxylic acids is 1. The predicted molar refractivity (Wildman–Crippen MR) is 65.1 cm³/mol. The molecule has 1 aliphatic carbocycles. The number of hydrogen-bond donors (Lipinski definition) is 1. The second-order valence-electron chi connectivity index (χ2n) is 6.17. The van der Waals surface area contributed by atoms with Crippen LogP contribution in [0.5, 0.6) is 0 Å². The molecule has 1 aromatic rings. The Morgan fingerprint density at radius 1 is 1.53 bits per heavy atom. The van der Waals surface area contributed by atoms with E-state index in [0.29, 0.717) is 0 Å². The van der Waals surface area contributed by atoms with Crippen LogP contribution in [0.4, 0.5) is 0 Å². The maximum absolute atomic E-state index is 11.0. The molecule has 0 aliphatic heterocycles. The molecule has 0 saturated heterocycles. The van der Waals surface area contributed by atoms with Crippen LogP contribution in [-0.4, -0.2) is 20.9 Å². The molecule has 0 atom stereocenters. The Morgan fingerprint density at radius 3 is 2.53 bits per heavy atom. The summed E-state index contributed by atoms with van der Waals surface area (Å²) in [5, 5.41) is 13.5. The topological polar surface area (TPSA) is 55.1 Å². The molecule has 0 amide bonds. The number of aryl methyl sites for hydroxylation is 1. The van der Waals surface area contributed by atoms with Gasteiger partial charge in [-0.05, 0) is 12.8 Å². The van der Waals surface area contributed by atoms with Crippen molar-refractivity contribution in [2.75, 3.05) is 0 Å². The Bertz CT molecular complexity index is 450. The second kappa shape index (κ2) is 3.59. The van der Waals surface area contributed by atoms with Gasteiger partial charge in [-0.25, -0.2) is 0 Å². The van der Waals surface area contributed by atoms with Gasteiger partial charge in [0.25, 0.3) is 0 Å². The van der Waals surface area contributed by atoms with Crippen molar-refractivity contribution in [2.24, 2.45) is 7.05 Å². The van der Waals surface area contributed by atoms with E-state index in [2.05, 4.69) is 25.9 Å². The third kappa shape index (κ3) is 2.21. The minimum absolute atomic E-state index is 0.0370. The van der Waals surface area contributed by atoms with E-state index in [1.54, 1.807) is 4.68 Å². The van der Waals surface area contributed by atoms with Gasteiger partial charge in [-0.1, -0.05) is 20.8 Å². The lowest BCUT2D eigenvalue weighted by Gasteiger charge is -2.21. The quantitative estimate of drug-likeness (QED) is 0.875. The molecule has 94 valence electrons. The van der Waals surface area contributed by atoms with Crippen molar-refractivity contribution in [3.63, 3.8) is 0 Å². The SMILES string of the molecule is Cn1cc(C2(CC(=O)O)CC2)c(C(C)(C)C)n1. The highest BCUT2D eigenvalue weighted by molar-refractivity contribution is 5.70. The Hall–Kier alpha value is -1.32. The zero-order valence-electron chi connectivity index (χ0n) is 10.9. The fraction of sp³-hybridized carbons (Fsp3) is 0.692. The predicted octanol–water partition coefficient (Wildman–Crippen LogP) is 2.22. The monoisotopic (exact) mass is 236 g/mol. The van der Waals surface area contributed by atoms with Crippen LogP contribution in [0.1, 0.15) is 51.3 Å². The van der Waals surface area contributed by atoms with Crippen LogP contribution in [0, 0.1) is 0 Å². The molecule has 1 aromatic heterocycles. The van der Waals surface area contributed by atoms with Crippen molar-refractivity contribution >= 4 is 5.97 Å². The van der Waals surface area contributed by atoms with E-state index in [-0.39, 0.29) is 17.3 Å². The van der Waals surface area contributed by atoms with E-state index in [9.17, 15) is 4.79 Å². The van der Waals surface area contributed by atoms with Crippen molar-refractivity contribution in [3.05, 3.63) is 17.5 Å². The molecular formula is C13H20N2O2. The Morgan fingerprint density at radius 2 is 2.12 bits per heavy atom. The molecule has 17 heavy (non-hydrogen) atoms. The number of hydrogen-bond acceptors (Lipinski definition) is 2. The van der Waals surface area contributed by atoms with E-state index >= 15 is 0 Å². The smallest absolute Gasteiger partial charge is 0.304 e. The van der Waals surface area contributed by atoms with Gasteiger partial charge in [0.05, 0.1) is 12.1 Å². The largest absolute Gasteiger partial charge is 0.481 e. The number of rotatable bonds is 3. The fourth-order valence-corrected chi connectivity index (χ4v) is 2.41. The van der Waals surface area contributed by atoms with Crippen LogP contribution < -0.4 is 0 Å². The van der Waals surface area contributed by atoms with Gasteiger partial charge in [-0.3, -0.25) is 9.48 Å². The number of nitrogens with zero attached hydrogens (tertiary/aromatic N) is 2. The summed E-state index contributed by atoms with van der Waals surface area (Å²) < 4.78 is 1.80. The molecule has 1 heterocycles. The van der Waals surface area contributed by atoms with Crippen LogP contribution in [-0.2, 0) is 22.7 Å². The lowest BCUT2D eigenvalue weighted by atomic mass is 9.83. The second-order valence-corrected chi connectivity index (χ2v) is 6.17. The zero-order valence-corrected chi connectivity index (χ0v) is 10.9. The average molecular weight is 236 g/mol. The van der Waals surface area contributed by atoms with Crippen LogP contribution in [0.2, 0.25) is 0 Å². The highest BCUT2D eigenvalue weighted by Gasteiger charge is 2.49. The number of carboxylic acids is 1. The van der Waals surface area contributed by atoms with Crippen LogP contribution in [0.25, 0.3) is 0 Å². The lowest BCUT2D eigenvalue weighted by molar-refractivity contribution is -0.137. The molecule has 0 radical (unpaired) electrons. The van der Waals surface area contributed by atoms with Crippen molar-refractivity contribution in [3.8, 4) is 0 Å². The summed E-state index contributed by atoms with van der Waals surface area (Å²) in [6, 6.07) is 0. The molecule has 0 spiro atoms. The number of carboxylic acid groups (broad SMARTS) is 1. The summed E-state index contributed by atoms with van der Waals surface area (Å²) >= 11 is 0. The first-order chi connectivity index (χ1) is 7.74. The van der Waals surface area contributed by atoms with Crippen molar-refractivity contribution in [1.29, 1.82) is 0 Å². The van der Waals surface area contributed by atoms with Gasteiger partial charge in [0.15, 0.2) is 0 Å². The maximum atomic E-state index is 11.0. The summed E-state index contributed by atoms with van der Waals surface area (Å²) in [7, 11) is 1.90. The standard InChI is InChI=1S/C13H20N2O2/c1-12(2,3)11-9(8-15(4)14-11)13(5-6-13)7-10(16)17/h8H,5-7H2,1-4H3,(H,16,17). The van der Waals surface area contributed by atoms with E-state index in [1.165, 1.54) is 0 Å². The molecule has 1 aliphatic rings. The Balaban J connectivity index is 2.42. The first kappa shape index (κ1) is 12.1. The van der Waals surface area contributed by atoms with Crippen LogP contribution in [0.3, 0.4) is 0 Å². The van der Waals surface area contributed by atoms with Gasteiger partial charge in [0.1, 0.15) is 0 Å². The van der Waals surface area contributed by atoms with E-state index in [1.807, 2.05) is 13.2 Å². The molecule has 0 bridgehead atoms. The van der Waals surface area contributed by atoms with Crippen molar-refractivity contribution in [2.45, 2.75) is 50.9 Å². The minimum atomic E-state index is -0.716. The van der Waals surface area contributed by atoms with E-state index < -0.39 is 5.97 Å². The average Bonchev–Trinajstić information content (AvgIpc) is 2.78. The summed E-state index contributed by atoms with van der Waals surface area (Å²) in [6.07, 6.45) is 4.15. The molecule has 0 aromatic carbocycles. The molecule has 1 N–H and O–H groups in total. The van der Waals surface area contributed by atoms with Gasteiger partial charge in [0, 0.05) is 29.6 Å². The Kier molecular flexibility index (Phi) is 2.56. The molecule has 1 fully saturated rings. The van der Waals surface area contributed by atoms with Crippen LogP contribution >= 0.6 is 0 Å². The third-order valence-electron chi connectivity index (χ3n) is 3.45. The van der Waals surface area contributed by atoms with Gasteiger partial charge in [0.2, 0.25) is 0 Å². The van der Waals surface area contributed by atoms with Crippen LogP contribution in [0.15, 0.2) is 6.20 Å². The molecular weight excluding hydrogens is 216 g/mol. The fourth-order valence-electron chi connectivity index (χ4n) is 2.41. The van der Waals surface area contributed by atoms with E-state index in [0.717, 1.165) is 24.1 Å². The molecule has 4 nitrogen and oxygen atoms in total. The first-order valence-corrected chi connectivity index (χ1v) is 6.01. The lowest BCUT2D eigenvalue weighted by Crippen LogP contribution is -2.20. The van der Waals surface area contributed by atoms with Gasteiger partial charge >= 0.3 is 5.97 Å². The van der Waals surface area contributed by atoms with E-state index in [4.69, 9.17) is 5.11 Å². The van der Waals surface area contributed by atoms with Gasteiger partial charge in [-0.2, -0.15) is 5.10 Å². The Labute approximate surface area is 102 Å². The molecule has 2 rings (SSSR count). The summed E-state index contributed by atoms with van der Waals surface area (Å²) in [6.45, 7) is 6.36. The molecule has 0 unspecified atom stereocenters. The first-order valence-electron chi connectivity index (χ1n) is 6.01. The van der Waals surface area contributed by atoms with Crippen molar-refractivity contribution in [1.82, 2.24) is 9.78 Å². The third-order valence-corrected chi connectivity index (χ3v) is 3.45. The molecule has 1 saturated carbocycles. The van der Waals surface area contributed by atoms with Gasteiger partial charge in [-0.15, -0.1) is 0 Å². The summed E-state index contributed by atoms with van der Waals surface area (Å²) in [5.74, 6) is -0.716. The zero-order chi connectivity index (χ0) is 12.8. The normalized spacial score (nSPS) is 18.1. The van der Waals surface area contributed by atoms with Crippen molar-refractivity contribution < 1.29 is 9.90 Å². The maximum Gasteiger partial charge on any atom is 0.304 e. The highest BCUT2D eigenvalue weighted by atomic mass is 16.4. The highest BCUT2D eigenvalue weighted by Crippen LogP contribution is 2.53. The minimum Gasteiger partial charge on any atom is -0.481 e. The summed E-state index contributed by atoms with van der Waals surface area (Å²) in [4.78, 5) is 11.0. The van der Waals surface area contributed by atoms with Gasteiger partial charge < -0.3 is 5.11 Å². The number of aromatic nitrogens is 2. The summed E-state index contributed by atoms with van der Waals surface area (Å²) in [5.41, 5.74) is 1.99. The molecule has 4 heteroatoms. The number of carbonyl (C=O) groups is 1.